The summed E-state index contributed by atoms with van der Waals surface area (Å²) in [6.07, 6.45) is 1.57. The monoisotopic (exact) mass is 290 g/mol. The van der Waals surface area contributed by atoms with Gasteiger partial charge in [-0.25, -0.2) is 4.79 Å². The van der Waals surface area contributed by atoms with Crippen LogP contribution in [0.15, 0.2) is 0 Å². The number of methoxy groups -OCH3 is 1. The van der Waals surface area contributed by atoms with E-state index in [1.165, 1.54) is 0 Å². The Kier molecular flexibility index (Phi) is 11.8. The first kappa shape index (κ1) is 18.7. The molecule has 0 rings (SSSR count). The fourth-order valence-electron chi connectivity index (χ4n) is 1.49. The minimum Gasteiger partial charge on any atom is -0.481 e. The van der Waals surface area contributed by atoms with E-state index in [1.54, 1.807) is 7.11 Å². The Morgan fingerprint density at radius 3 is 2.45 bits per heavy atom. The predicted octanol–water partition coefficient (Wildman–Crippen LogP) is 0.840. The van der Waals surface area contributed by atoms with Gasteiger partial charge in [-0.1, -0.05) is 6.92 Å². The number of carbonyl (C=O) groups excluding carboxylic acids is 1. The number of urea groups is 1. The van der Waals surface area contributed by atoms with E-state index >= 15 is 0 Å². The summed E-state index contributed by atoms with van der Waals surface area (Å²) in [6, 6.07) is -0.231. The molecule has 0 aliphatic rings. The normalized spacial score (nSPS) is 11.9. The quantitative estimate of drug-likeness (QED) is 0.463. The molecule has 0 saturated carbocycles. The van der Waals surface area contributed by atoms with Crippen LogP contribution in [0.2, 0.25) is 0 Å². The van der Waals surface area contributed by atoms with Crippen LogP contribution in [-0.2, 0) is 14.3 Å². The summed E-state index contributed by atoms with van der Waals surface area (Å²) in [4.78, 5) is 21.8. The van der Waals surface area contributed by atoms with Crippen molar-refractivity contribution in [3.8, 4) is 0 Å². The van der Waals surface area contributed by atoms with Crippen molar-refractivity contribution >= 4 is 12.0 Å². The molecule has 1 unspecified atom stereocenters. The van der Waals surface area contributed by atoms with Crippen molar-refractivity contribution in [1.29, 1.82) is 0 Å². The highest BCUT2D eigenvalue weighted by Gasteiger charge is 2.06. The molecule has 0 heterocycles. The summed E-state index contributed by atoms with van der Waals surface area (Å²) in [5.41, 5.74) is 0. The van der Waals surface area contributed by atoms with Crippen LogP contribution >= 0.6 is 0 Å². The lowest BCUT2D eigenvalue weighted by molar-refractivity contribution is -0.137. The van der Waals surface area contributed by atoms with Crippen molar-refractivity contribution in [1.82, 2.24) is 10.6 Å². The van der Waals surface area contributed by atoms with Gasteiger partial charge in [-0.3, -0.25) is 4.79 Å². The molecule has 0 aromatic carbocycles. The summed E-state index contributed by atoms with van der Waals surface area (Å²) in [6.45, 7) is 4.47. The summed E-state index contributed by atoms with van der Waals surface area (Å²) in [5.74, 6) is -0.500. The first-order valence-electron chi connectivity index (χ1n) is 6.86. The number of hydrogen-bond acceptors (Lipinski definition) is 4. The summed E-state index contributed by atoms with van der Waals surface area (Å²) in [5, 5.41) is 14.0. The van der Waals surface area contributed by atoms with Crippen molar-refractivity contribution in [2.45, 2.75) is 26.2 Å². The van der Waals surface area contributed by atoms with Crippen molar-refractivity contribution in [3.63, 3.8) is 0 Å². The van der Waals surface area contributed by atoms with Gasteiger partial charge in [0.1, 0.15) is 0 Å². The van der Waals surface area contributed by atoms with Crippen molar-refractivity contribution in [3.05, 3.63) is 0 Å². The summed E-state index contributed by atoms with van der Waals surface area (Å²) < 4.78 is 10.0. The smallest absolute Gasteiger partial charge is 0.314 e. The van der Waals surface area contributed by atoms with Gasteiger partial charge in [0.2, 0.25) is 0 Å². The zero-order chi connectivity index (χ0) is 15.2. The van der Waals surface area contributed by atoms with E-state index in [4.69, 9.17) is 14.6 Å². The molecule has 0 aromatic heterocycles. The predicted molar refractivity (Wildman–Crippen MR) is 74.7 cm³/mol. The Bertz CT molecular complexity index is 273. The molecular weight excluding hydrogens is 264 g/mol. The average Bonchev–Trinajstić information content (AvgIpc) is 2.40. The molecule has 1 atom stereocenters. The second-order valence-electron chi connectivity index (χ2n) is 4.61. The highest BCUT2D eigenvalue weighted by Crippen LogP contribution is 2.08. The van der Waals surface area contributed by atoms with E-state index in [0.717, 1.165) is 6.42 Å². The molecule has 0 saturated heterocycles. The number of carboxylic acids is 1. The highest BCUT2D eigenvalue weighted by molar-refractivity contribution is 5.73. The standard InChI is InChI=1S/C13H26N2O5/c1-11(3-4-12(16)17)5-6-14-13(18)15-7-8-20-10-9-19-2/h11H,3-10H2,1-2H3,(H,16,17)(H2,14,15,18). The van der Waals surface area contributed by atoms with Gasteiger partial charge in [0.25, 0.3) is 0 Å². The molecule has 7 heteroatoms. The van der Waals surface area contributed by atoms with Crippen LogP contribution in [0.1, 0.15) is 26.2 Å². The van der Waals surface area contributed by atoms with E-state index < -0.39 is 5.97 Å². The molecule has 7 nitrogen and oxygen atoms in total. The van der Waals surface area contributed by atoms with Crippen LogP contribution in [0.4, 0.5) is 4.79 Å². The van der Waals surface area contributed by atoms with Crippen LogP contribution in [0.25, 0.3) is 0 Å². The lowest BCUT2D eigenvalue weighted by atomic mass is 10.0. The topological polar surface area (TPSA) is 96.9 Å². The molecular formula is C13H26N2O5. The van der Waals surface area contributed by atoms with Crippen LogP contribution in [0.3, 0.4) is 0 Å². The van der Waals surface area contributed by atoms with Crippen molar-refractivity contribution < 1.29 is 24.2 Å². The number of aliphatic carboxylic acids is 1. The molecule has 0 bridgehead atoms. The molecule has 0 spiro atoms. The first-order valence-corrected chi connectivity index (χ1v) is 6.86. The van der Waals surface area contributed by atoms with Gasteiger partial charge < -0.3 is 25.2 Å². The Hall–Kier alpha value is -1.34. The van der Waals surface area contributed by atoms with Crippen LogP contribution in [-0.4, -0.2) is 57.1 Å². The number of carbonyl (C=O) groups is 2. The summed E-state index contributed by atoms with van der Waals surface area (Å²) >= 11 is 0. The Balaban J connectivity index is 3.37. The Labute approximate surface area is 120 Å². The zero-order valence-corrected chi connectivity index (χ0v) is 12.3. The number of amides is 2. The second-order valence-corrected chi connectivity index (χ2v) is 4.61. The fraction of sp³-hybridized carbons (Fsp3) is 0.846. The molecule has 0 aliphatic carbocycles. The molecule has 0 radical (unpaired) electrons. The number of rotatable bonds is 12. The van der Waals surface area contributed by atoms with Gasteiger partial charge in [-0.15, -0.1) is 0 Å². The van der Waals surface area contributed by atoms with E-state index in [2.05, 4.69) is 10.6 Å². The Morgan fingerprint density at radius 2 is 1.80 bits per heavy atom. The summed E-state index contributed by atoms with van der Waals surface area (Å²) in [7, 11) is 1.60. The highest BCUT2D eigenvalue weighted by atomic mass is 16.5. The van der Waals surface area contributed by atoms with E-state index in [9.17, 15) is 9.59 Å². The number of hydrogen-bond donors (Lipinski definition) is 3. The number of carboxylic acid groups (broad SMARTS) is 1. The van der Waals surface area contributed by atoms with E-state index in [0.29, 0.717) is 39.3 Å². The molecule has 2 amide bonds. The third-order valence-corrected chi connectivity index (χ3v) is 2.74. The van der Waals surface area contributed by atoms with Crippen LogP contribution in [0, 0.1) is 5.92 Å². The fourth-order valence-corrected chi connectivity index (χ4v) is 1.49. The molecule has 118 valence electrons. The van der Waals surface area contributed by atoms with Gasteiger partial charge in [0.15, 0.2) is 0 Å². The average molecular weight is 290 g/mol. The maximum atomic E-state index is 11.4. The van der Waals surface area contributed by atoms with Crippen LogP contribution < -0.4 is 10.6 Å². The van der Waals surface area contributed by atoms with E-state index in [1.807, 2.05) is 6.92 Å². The number of ether oxygens (including phenoxy) is 2. The van der Waals surface area contributed by atoms with Crippen molar-refractivity contribution in [2.75, 3.05) is 40.0 Å². The lowest BCUT2D eigenvalue weighted by Gasteiger charge is -2.11. The first-order chi connectivity index (χ1) is 9.56. The minimum atomic E-state index is -0.781. The zero-order valence-electron chi connectivity index (χ0n) is 12.3. The molecule has 0 aliphatic heterocycles. The molecule has 0 aromatic rings. The molecule has 0 fully saturated rings. The minimum absolute atomic E-state index is 0.173. The maximum Gasteiger partial charge on any atom is 0.314 e. The SMILES string of the molecule is COCCOCCNC(=O)NCCC(C)CCC(=O)O. The van der Waals surface area contributed by atoms with Gasteiger partial charge in [-0.2, -0.15) is 0 Å². The van der Waals surface area contributed by atoms with E-state index in [-0.39, 0.29) is 18.4 Å². The second kappa shape index (κ2) is 12.7. The van der Waals surface area contributed by atoms with Gasteiger partial charge >= 0.3 is 12.0 Å². The lowest BCUT2D eigenvalue weighted by Crippen LogP contribution is -2.38. The molecule has 3 N–H and O–H groups in total. The largest absolute Gasteiger partial charge is 0.481 e. The third kappa shape index (κ3) is 13.1. The van der Waals surface area contributed by atoms with Gasteiger partial charge in [0.05, 0.1) is 19.8 Å². The molecule has 20 heavy (non-hydrogen) atoms. The van der Waals surface area contributed by atoms with Crippen molar-refractivity contribution in [2.24, 2.45) is 5.92 Å². The van der Waals surface area contributed by atoms with Gasteiger partial charge in [0, 0.05) is 26.6 Å². The maximum absolute atomic E-state index is 11.4. The Morgan fingerprint density at radius 1 is 1.10 bits per heavy atom. The van der Waals surface area contributed by atoms with Gasteiger partial charge in [-0.05, 0) is 18.8 Å². The number of nitrogens with one attached hydrogen (secondary N) is 2. The van der Waals surface area contributed by atoms with Crippen LogP contribution in [0.5, 0.6) is 0 Å². The third-order valence-electron chi connectivity index (χ3n) is 2.74.